The highest BCUT2D eigenvalue weighted by Crippen LogP contribution is 2.21. The second kappa shape index (κ2) is 7.82. The molecule has 21 heavy (non-hydrogen) atoms. The van der Waals surface area contributed by atoms with Crippen molar-refractivity contribution in [3.8, 4) is 0 Å². The Kier molecular flexibility index (Phi) is 6.08. The highest BCUT2D eigenvalue weighted by atomic mass is 19.3. The smallest absolute Gasteiger partial charge is 0.250 e. The predicted octanol–water partition coefficient (Wildman–Crippen LogP) is 1.88. The third-order valence-electron chi connectivity index (χ3n) is 4.39. The zero-order valence-corrected chi connectivity index (χ0v) is 12.4. The molecule has 0 amide bonds. The van der Waals surface area contributed by atoms with Gasteiger partial charge in [0.15, 0.2) is 0 Å². The van der Waals surface area contributed by atoms with Gasteiger partial charge >= 0.3 is 0 Å². The number of likely N-dealkylation sites (tertiary alicyclic amines) is 1. The van der Waals surface area contributed by atoms with Crippen molar-refractivity contribution in [3.63, 3.8) is 0 Å². The molecule has 0 aromatic heterocycles. The first kappa shape index (κ1) is 16.3. The molecule has 0 bridgehead atoms. The van der Waals surface area contributed by atoms with Gasteiger partial charge in [0.05, 0.1) is 6.54 Å². The number of nitrogens with one attached hydrogen (secondary N) is 1. The van der Waals surface area contributed by atoms with E-state index in [1.165, 1.54) is 5.56 Å². The third-order valence-corrected chi connectivity index (χ3v) is 4.39. The first-order chi connectivity index (χ1) is 10.1. The van der Waals surface area contributed by atoms with Crippen LogP contribution in [-0.4, -0.2) is 49.6 Å². The van der Waals surface area contributed by atoms with Crippen LogP contribution in [0.1, 0.15) is 18.4 Å². The van der Waals surface area contributed by atoms with Crippen molar-refractivity contribution in [1.29, 1.82) is 0 Å². The van der Waals surface area contributed by atoms with E-state index >= 15 is 0 Å². The Hall–Kier alpha value is -1.04. The van der Waals surface area contributed by atoms with E-state index in [-0.39, 0.29) is 12.1 Å². The second-order valence-corrected chi connectivity index (χ2v) is 5.83. The van der Waals surface area contributed by atoms with Gasteiger partial charge in [0, 0.05) is 18.6 Å². The largest absolute Gasteiger partial charge is 0.329 e. The van der Waals surface area contributed by atoms with Crippen LogP contribution < -0.4 is 11.1 Å². The lowest BCUT2D eigenvalue weighted by Crippen LogP contribution is -2.58. The summed E-state index contributed by atoms with van der Waals surface area (Å²) in [6.45, 7) is 3.01. The lowest BCUT2D eigenvalue weighted by Gasteiger charge is -2.42. The first-order valence-electron chi connectivity index (χ1n) is 7.63. The lowest BCUT2D eigenvalue weighted by molar-refractivity contribution is 0.0980. The Morgan fingerprint density at radius 2 is 1.86 bits per heavy atom. The second-order valence-electron chi connectivity index (χ2n) is 5.83. The minimum atomic E-state index is -2.32. The monoisotopic (exact) mass is 297 g/mol. The molecule has 1 aliphatic heterocycles. The van der Waals surface area contributed by atoms with Gasteiger partial charge in [-0.1, -0.05) is 30.3 Å². The van der Waals surface area contributed by atoms with Gasteiger partial charge in [0.1, 0.15) is 0 Å². The van der Waals surface area contributed by atoms with Crippen molar-refractivity contribution in [3.05, 3.63) is 35.9 Å². The Morgan fingerprint density at radius 3 is 2.43 bits per heavy atom. The molecule has 1 aromatic rings. The van der Waals surface area contributed by atoms with Gasteiger partial charge in [-0.2, -0.15) is 0 Å². The van der Waals surface area contributed by atoms with Crippen LogP contribution in [0.2, 0.25) is 0 Å². The maximum atomic E-state index is 12.4. The number of alkyl halides is 2. The number of piperidine rings is 1. The summed E-state index contributed by atoms with van der Waals surface area (Å²) >= 11 is 0. The highest BCUT2D eigenvalue weighted by Gasteiger charge is 2.33. The maximum Gasteiger partial charge on any atom is 0.250 e. The standard InChI is InChI=1S/C16H25F2N3/c17-15(18)12-20-16(13-19)7-10-21(11-8-16)9-6-14-4-2-1-3-5-14/h1-5,15,20H,6-13,19H2. The normalized spacial score (nSPS) is 19.0. The van der Waals surface area contributed by atoms with Crippen LogP contribution in [-0.2, 0) is 6.42 Å². The van der Waals surface area contributed by atoms with Crippen molar-refractivity contribution in [2.24, 2.45) is 5.73 Å². The topological polar surface area (TPSA) is 41.3 Å². The fourth-order valence-corrected chi connectivity index (χ4v) is 2.88. The van der Waals surface area contributed by atoms with Gasteiger partial charge in [-0.3, -0.25) is 0 Å². The molecule has 5 heteroatoms. The molecule has 0 unspecified atom stereocenters. The molecule has 1 saturated heterocycles. The van der Waals surface area contributed by atoms with Crippen molar-refractivity contribution < 1.29 is 8.78 Å². The summed E-state index contributed by atoms with van der Waals surface area (Å²) < 4.78 is 24.7. The molecule has 1 aromatic carbocycles. The molecule has 0 radical (unpaired) electrons. The fraction of sp³-hybridized carbons (Fsp3) is 0.625. The van der Waals surface area contributed by atoms with Crippen LogP contribution in [0.25, 0.3) is 0 Å². The Bertz CT molecular complexity index is 403. The van der Waals surface area contributed by atoms with E-state index in [2.05, 4.69) is 34.5 Å². The summed E-state index contributed by atoms with van der Waals surface area (Å²) in [7, 11) is 0. The summed E-state index contributed by atoms with van der Waals surface area (Å²) in [6, 6.07) is 10.4. The van der Waals surface area contributed by atoms with Gasteiger partial charge in [0.25, 0.3) is 6.43 Å². The fourth-order valence-electron chi connectivity index (χ4n) is 2.88. The molecular weight excluding hydrogens is 272 g/mol. The zero-order chi connectivity index (χ0) is 15.1. The van der Waals surface area contributed by atoms with Gasteiger partial charge in [-0.05, 0) is 37.9 Å². The predicted molar refractivity (Wildman–Crippen MR) is 81.6 cm³/mol. The molecule has 0 saturated carbocycles. The number of halogens is 2. The third kappa shape index (κ3) is 5.02. The molecule has 3 N–H and O–H groups in total. The molecule has 0 aliphatic carbocycles. The summed E-state index contributed by atoms with van der Waals surface area (Å²) in [5.74, 6) is 0. The molecule has 0 spiro atoms. The molecule has 1 fully saturated rings. The number of nitrogens with two attached hydrogens (primary N) is 1. The van der Waals surface area contributed by atoms with E-state index in [4.69, 9.17) is 5.73 Å². The van der Waals surface area contributed by atoms with Crippen LogP contribution in [0.5, 0.6) is 0 Å². The van der Waals surface area contributed by atoms with Crippen molar-refractivity contribution in [1.82, 2.24) is 10.2 Å². The number of benzene rings is 1. The van der Waals surface area contributed by atoms with Crippen molar-refractivity contribution in [2.75, 3.05) is 32.7 Å². The van der Waals surface area contributed by atoms with E-state index < -0.39 is 6.43 Å². The number of hydrogen-bond acceptors (Lipinski definition) is 3. The van der Waals surface area contributed by atoms with E-state index in [0.717, 1.165) is 38.9 Å². The van der Waals surface area contributed by atoms with E-state index in [1.54, 1.807) is 0 Å². The van der Waals surface area contributed by atoms with Crippen LogP contribution >= 0.6 is 0 Å². The van der Waals surface area contributed by atoms with Crippen LogP contribution in [0.4, 0.5) is 8.78 Å². The van der Waals surface area contributed by atoms with Crippen LogP contribution in [0.3, 0.4) is 0 Å². The Balaban J connectivity index is 1.76. The average Bonchev–Trinajstić information content (AvgIpc) is 2.53. The molecule has 2 rings (SSSR count). The van der Waals surface area contributed by atoms with Gasteiger partial charge in [0.2, 0.25) is 0 Å². The highest BCUT2D eigenvalue weighted by molar-refractivity contribution is 5.14. The molecule has 0 atom stereocenters. The minimum absolute atomic E-state index is 0.263. The number of hydrogen-bond donors (Lipinski definition) is 2. The Morgan fingerprint density at radius 1 is 1.19 bits per heavy atom. The summed E-state index contributed by atoms with van der Waals surface area (Å²) in [4.78, 5) is 2.39. The molecule has 3 nitrogen and oxygen atoms in total. The lowest BCUT2D eigenvalue weighted by atomic mass is 9.87. The van der Waals surface area contributed by atoms with E-state index in [0.29, 0.717) is 6.54 Å². The molecular formula is C16H25F2N3. The van der Waals surface area contributed by atoms with Crippen molar-refractivity contribution in [2.45, 2.75) is 31.2 Å². The first-order valence-corrected chi connectivity index (χ1v) is 7.63. The van der Waals surface area contributed by atoms with Crippen LogP contribution in [0.15, 0.2) is 30.3 Å². The molecule has 1 heterocycles. The van der Waals surface area contributed by atoms with Crippen molar-refractivity contribution >= 4 is 0 Å². The van der Waals surface area contributed by atoms with Gasteiger partial charge in [-0.15, -0.1) is 0 Å². The molecule has 118 valence electrons. The van der Waals surface area contributed by atoms with E-state index in [1.807, 2.05) is 6.07 Å². The van der Waals surface area contributed by atoms with Gasteiger partial charge < -0.3 is 16.0 Å². The SMILES string of the molecule is NCC1(NCC(F)F)CCN(CCc2ccccc2)CC1. The average molecular weight is 297 g/mol. The van der Waals surface area contributed by atoms with Crippen LogP contribution in [0, 0.1) is 0 Å². The zero-order valence-electron chi connectivity index (χ0n) is 12.4. The Labute approximate surface area is 125 Å². The maximum absolute atomic E-state index is 12.4. The quantitative estimate of drug-likeness (QED) is 0.807. The number of nitrogens with zero attached hydrogens (tertiary/aromatic N) is 1. The number of rotatable bonds is 7. The molecule has 1 aliphatic rings. The minimum Gasteiger partial charge on any atom is -0.329 e. The summed E-state index contributed by atoms with van der Waals surface area (Å²) in [5, 5.41) is 2.98. The van der Waals surface area contributed by atoms with Gasteiger partial charge in [-0.25, -0.2) is 8.78 Å². The summed E-state index contributed by atoms with van der Waals surface area (Å²) in [5.41, 5.74) is 6.84. The summed E-state index contributed by atoms with van der Waals surface area (Å²) in [6.07, 6.45) is 0.390. The van der Waals surface area contributed by atoms with E-state index in [9.17, 15) is 8.78 Å².